The Bertz CT molecular complexity index is 406. The molecule has 0 unspecified atom stereocenters. The summed E-state index contributed by atoms with van der Waals surface area (Å²) in [4.78, 5) is 0. The lowest BCUT2D eigenvalue weighted by atomic mass is 10.1. The zero-order valence-corrected chi connectivity index (χ0v) is 13.5. The van der Waals surface area contributed by atoms with Crippen molar-refractivity contribution in [1.82, 2.24) is 0 Å². The minimum absolute atomic E-state index is 0.725. The van der Waals surface area contributed by atoms with Crippen LogP contribution in [-0.2, 0) is 0 Å². The molecular formula is C19H30N2. The number of benzene rings is 1. The van der Waals surface area contributed by atoms with E-state index in [4.69, 9.17) is 5.26 Å². The standard InChI is InChI=1S/C19H30N2/c1-2-3-4-5-6-7-8-9-10-11-15-21-19-14-12-13-18(16-19)17-20/h12-14,16,21H,2-11,15H2,1H3. The molecule has 0 amide bonds. The van der Waals surface area contributed by atoms with E-state index in [9.17, 15) is 0 Å². The minimum Gasteiger partial charge on any atom is -0.385 e. The molecule has 0 aliphatic heterocycles. The molecule has 0 bridgehead atoms. The van der Waals surface area contributed by atoms with Gasteiger partial charge in [0, 0.05) is 12.2 Å². The Kier molecular flexibility index (Phi) is 10.3. The van der Waals surface area contributed by atoms with Gasteiger partial charge in [-0.1, -0.05) is 70.8 Å². The number of hydrogen-bond donors (Lipinski definition) is 1. The number of anilines is 1. The van der Waals surface area contributed by atoms with E-state index in [2.05, 4.69) is 18.3 Å². The van der Waals surface area contributed by atoms with E-state index in [1.165, 1.54) is 64.2 Å². The largest absolute Gasteiger partial charge is 0.385 e. The van der Waals surface area contributed by atoms with Crippen molar-refractivity contribution in [3.05, 3.63) is 29.8 Å². The van der Waals surface area contributed by atoms with E-state index in [1.807, 2.05) is 24.3 Å². The Morgan fingerprint density at radius 2 is 1.52 bits per heavy atom. The molecule has 0 radical (unpaired) electrons. The lowest BCUT2D eigenvalue weighted by molar-refractivity contribution is 0.560. The monoisotopic (exact) mass is 286 g/mol. The van der Waals surface area contributed by atoms with Crippen LogP contribution >= 0.6 is 0 Å². The first-order chi connectivity index (χ1) is 10.4. The van der Waals surface area contributed by atoms with Gasteiger partial charge in [0.25, 0.3) is 0 Å². The lowest BCUT2D eigenvalue weighted by Gasteiger charge is -2.06. The molecule has 0 heterocycles. The number of hydrogen-bond acceptors (Lipinski definition) is 2. The maximum Gasteiger partial charge on any atom is 0.0992 e. The van der Waals surface area contributed by atoms with Crippen LogP contribution in [0.1, 0.15) is 76.7 Å². The predicted molar refractivity (Wildman–Crippen MR) is 91.5 cm³/mol. The number of unbranched alkanes of at least 4 members (excludes halogenated alkanes) is 9. The smallest absolute Gasteiger partial charge is 0.0992 e. The van der Waals surface area contributed by atoms with E-state index in [0.29, 0.717) is 0 Å². The molecule has 2 nitrogen and oxygen atoms in total. The molecule has 1 aromatic carbocycles. The van der Waals surface area contributed by atoms with E-state index in [0.717, 1.165) is 17.8 Å². The summed E-state index contributed by atoms with van der Waals surface area (Å²) in [5.74, 6) is 0. The first kappa shape index (κ1) is 17.6. The lowest BCUT2D eigenvalue weighted by Crippen LogP contribution is -2.01. The second kappa shape index (κ2) is 12.3. The zero-order valence-electron chi connectivity index (χ0n) is 13.5. The van der Waals surface area contributed by atoms with Crippen molar-refractivity contribution in [2.45, 2.75) is 71.1 Å². The van der Waals surface area contributed by atoms with Gasteiger partial charge in [0.05, 0.1) is 11.6 Å². The Hall–Kier alpha value is -1.49. The van der Waals surface area contributed by atoms with Crippen LogP contribution in [-0.4, -0.2) is 6.54 Å². The van der Waals surface area contributed by atoms with Crippen molar-refractivity contribution in [3.8, 4) is 6.07 Å². The highest BCUT2D eigenvalue weighted by Gasteiger charge is 1.95. The predicted octanol–water partition coefficient (Wildman–Crippen LogP) is 5.89. The topological polar surface area (TPSA) is 35.8 Å². The molecular weight excluding hydrogens is 256 g/mol. The Labute approximate surface area is 130 Å². The maximum atomic E-state index is 8.84. The average Bonchev–Trinajstić information content (AvgIpc) is 2.53. The van der Waals surface area contributed by atoms with Crippen molar-refractivity contribution >= 4 is 5.69 Å². The van der Waals surface area contributed by atoms with Gasteiger partial charge in [-0.15, -0.1) is 0 Å². The summed E-state index contributed by atoms with van der Waals surface area (Å²) in [6.45, 7) is 3.27. The third kappa shape index (κ3) is 9.13. The number of nitriles is 1. The van der Waals surface area contributed by atoms with Crippen LogP contribution in [0.25, 0.3) is 0 Å². The van der Waals surface area contributed by atoms with Crippen molar-refractivity contribution < 1.29 is 0 Å². The van der Waals surface area contributed by atoms with Crippen molar-refractivity contribution in [1.29, 1.82) is 5.26 Å². The van der Waals surface area contributed by atoms with Crippen molar-refractivity contribution in [3.63, 3.8) is 0 Å². The number of nitrogens with zero attached hydrogens (tertiary/aromatic N) is 1. The van der Waals surface area contributed by atoms with Crippen LogP contribution in [0.15, 0.2) is 24.3 Å². The fourth-order valence-corrected chi connectivity index (χ4v) is 2.54. The van der Waals surface area contributed by atoms with Gasteiger partial charge in [-0.3, -0.25) is 0 Å². The molecule has 0 saturated carbocycles. The van der Waals surface area contributed by atoms with Crippen LogP contribution in [0.4, 0.5) is 5.69 Å². The van der Waals surface area contributed by atoms with Gasteiger partial charge in [0.1, 0.15) is 0 Å². The first-order valence-electron chi connectivity index (χ1n) is 8.61. The summed E-state index contributed by atoms with van der Waals surface area (Å²) in [5, 5.41) is 12.2. The van der Waals surface area contributed by atoms with E-state index in [-0.39, 0.29) is 0 Å². The molecule has 0 aromatic heterocycles. The molecule has 0 aliphatic rings. The van der Waals surface area contributed by atoms with Crippen LogP contribution in [0.2, 0.25) is 0 Å². The van der Waals surface area contributed by atoms with Gasteiger partial charge >= 0.3 is 0 Å². The van der Waals surface area contributed by atoms with Gasteiger partial charge in [-0.2, -0.15) is 5.26 Å². The molecule has 1 rings (SSSR count). The third-order valence-corrected chi connectivity index (χ3v) is 3.85. The molecule has 0 spiro atoms. The maximum absolute atomic E-state index is 8.84. The average molecular weight is 286 g/mol. The molecule has 0 aliphatic carbocycles. The summed E-state index contributed by atoms with van der Waals surface area (Å²) < 4.78 is 0. The highest BCUT2D eigenvalue weighted by molar-refractivity contribution is 5.48. The van der Waals surface area contributed by atoms with Crippen LogP contribution in [0, 0.1) is 11.3 Å². The SMILES string of the molecule is CCCCCCCCCCCCNc1cccc(C#N)c1. The van der Waals surface area contributed by atoms with Gasteiger partial charge in [-0.25, -0.2) is 0 Å². The Morgan fingerprint density at radius 3 is 2.14 bits per heavy atom. The molecule has 1 aromatic rings. The zero-order chi connectivity index (χ0) is 15.2. The minimum atomic E-state index is 0.725. The summed E-state index contributed by atoms with van der Waals surface area (Å²) in [7, 11) is 0. The summed E-state index contributed by atoms with van der Waals surface area (Å²) in [6, 6.07) is 9.88. The fourth-order valence-electron chi connectivity index (χ4n) is 2.54. The highest BCUT2D eigenvalue weighted by atomic mass is 14.9. The first-order valence-corrected chi connectivity index (χ1v) is 8.61. The van der Waals surface area contributed by atoms with E-state index >= 15 is 0 Å². The molecule has 0 atom stereocenters. The number of nitrogens with one attached hydrogen (secondary N) is 1. The molecule has 0 saturated heterocycles. The Balaban J connectivity index is 1.92. The molecule has 0 fully saturated rings. The fraction of sp³-hybridized carbons (Fsp3) is 0.632. The summed E-state index contributed by atoms with van der Waals surface area (Å²) in [6.07, 6.45) is 13.7. The quantitative estimate of drug-likeness (QED) is 0.486. The number of rotatable bonds is 12. The van der Waals surface area contributed by atoms with E-state index in [1.54, 1.807) is 0 Å². The third-order valence-electron chi connectivity index (χ3n) is 3.85. The molecule has 21 heavy (non-hydrogen) atoms. The van der Waals surface area contributed by atoms with Gasteiger partial charge < -0.3 is 5.32 Å². The van der Waals surface area contributed by atoms with Crippen LogP contribution in [0.5, 0.6) is 0 Å². The molecule has 2 heteroatoms. The van der Waals surface area contributed by atoms with Crippen LogP contribution < -0.4 is 5.32 Å². The second-order valence-electron chi connectivity index (χ2n) is 5.80. The van der Waals surface area contributed by atoms with Gasteiger partial charge in [0.2, 0.25) is 0 Å². The van der Waals surface area contributed by atoms with Crippen molar-refractivity contribution in [2.75, 3.05) is 11.9 Å². The second-order valence-corrected chi connectivity index (χ2v) is 5.80. The Morgan fingerprint density at radius 1 is 0.905 bits per heavy atom. The van der Waals surface area contributed by atoms with Gasteiger partial charge in [-0.05, 0) is 24.6 Å². The normalized spacial score (nSPS) is 10.3. The summed E-state index contributed by atoms with van der Waals surface area (Å²) in [5.41, 5.74) is 1.79. The van der Waals surface area contributed by atoms with E-state index < -0.39 is 0 Å². The molecule has 1 N–H and O–H groups in total. The van der Waals surface area contributed by atoms with Crippen molar-refractivity contribution in [2.24, 2.45) is 0 Å². The molecule has 116 valence electrons. The van der Waals surface area contributed by atoms with Crippen LogP contribution in [0.3, 0.4) is 0 Å². The highest BCUT2D eigenvalue weighted by Crippen LogP contribution is 2.12. The van der Waals surface area contributed by atoms with Gasteiger partial charge in [0.15, 0.2) is 0 Å². The summed E-state index contributed by atoms with van der Waals surface area (Å²) >= 11 is 0.